The Morgan fingerprint density at radius 3 is 1.86 bits per heavy atom. The van der Waals surface area contributed by atoms with Crippen molar-refractivity contribution in [2.75, 3.05) is 0 Å². The van der Waals surface area contributed by atoms with Crippen molar-refractivity contribution in [1.82, 2.24) is 0 Å². The standard InChI is InChI=1S/C4H12NOP/c1-4(2,3)7-6-5/h7H,5H2,1-3H3. The van der Waals surface area contributed by atoms with Crippen molar-refractivity contribution in [3.8, 4) is 0 Å². The lowest BCUT2D eigenvalue weighted by Crippen LogP contribution is -2.07. The van der Waals surface area contributed by atoms with Crippen molar-refractivity contribution < 1.29 is 4.62 Å². The molecule has 0 radical (unpaired) electrons. The van der Waals surface area contributed by atoms with Crippen LogP contribution in [0.2, 0.25) is 0 Å². The molecule has 0 aromatic carbocycles. The lowest BCUT2D eigenvalue weighted by Gasteiger charge is -2.13. The van der Waals surface area contributed by atoms with Crippen molar-refractivity contribution in [3.05, 3.63) is 0 Å². The van der Waals surface area contributed by atoms with Crippen LogP contribution < -0.4 is 5.90 Å². The minimum Gasteiger partial charge on any atom is -0.286 e. The first-order valence-corrected chi connectivity index (χ1v) is 3.10. The Labute approximate surface area is 46.2 Å². The SMILES string of the molecule is CC(C)(C)PON. The third-order valence-electron chi connectivity index (χ3n) is 0.365. The van der Waals surface area contributed by atoms with E-state index >= 15 is 0 Å². The van der Waals surface area contributed by atoms with Gasteiger partial charge in [0.05, 0.1) is 0 Å². The Morgan fingerprint density at radius 1 is 1.43 bits per heavy atom. The summed E-state index contributed by atoms with van der Waals surface area (Å²) in [7, 11) is 0.402. The minimum atomic E-state index is 0.231. The highest BCUT2D eigenvalue weighted by Crippen LogP contribution is 2.28. The van der Waals surface area contributed by atoms with E-state index in [1.54, 1.807) is 0 Å². The first kappa shape index (κ1) is 7.35. The van der Waals surface area contributed by atoms with Gasteiger partial charge in [0.15, 0.2) is 0 Å². The second kappa shape index (κ2) is 2.61. The largest absolute Gasteiger partial charge is 0.286 e. The van der Waals surface area contributed by atoms with Crippen LogP contribution >= 0.6 is 8.81 Å². The summed E-state index contributed by atoms with van der Waals surface area (Å²) >= 11 is 0. The molecule has 3 heteroatoms. The molecule has 0 aliphatic rings. The summed E-state index contributed by atoms with van der Waals surface area (Å²) in [5, 5.41) is 0.231. The molecule has 1 unspecified atom stereocenters. The summed E-state index contributed by atoms with van der Waals surface area (Å²) in [4.78, 5) is 0. The van der Waals surface area contributed by atoms with E-state index in [1.165, 1.54) is 0 Å². The third-order valence-corrected chi connectivity index (χ3v) is 1.10. The highest BCUT2D eigenvalue weighted by atomic mass is 31.1. The first-order valence-electron chi connectivity index (χ1n) is 2.19. The van der Waals surface area contributed by atoms with Crippen LogP contribution in [0.3, 0.4) is 0 Å². The molecule has 44 valence electrons. The van der Waals surface area contributed by atoms with Crippen LogP contribution in [0.25, 0.3) is 0 Å². The van der Waals surface area contributed by atoms with Gasteiger partial charge in [0, 0.05) is 14.0 Å². The van der Waals surface area contributed by atoms with Gasteiger partial charge in [-0.05, 0) is 0 Å². The molecule has 1 atom stereocenters. The molecule has 0 amide bonds. The van der Waals surface area contributed by atoms with Gasteiger partial charge in [-0.25, -0.2) is 5.90 Å². The van der Waals surface area contributed by atoms with Crippen molar-refractivity contribution >= 4 is 8.81 Å². The fourth-order valence-corrected chi connectivity index (χ4v) is 0.530. The predicted molar refractivity (Wildman–Crippen MR) is 33.3 cm³/mol. The lowest BCUT2D eigenvalue weighted by molar-refractivity contribution is 0.374. The molecule has 2 N–H and O–H groups in total. The summed E-state index contributed by atoms with van der Waals surface area (Å²) in [6, 6.07) is 0. The molecule has 0 aromatic heterocycles. The highest BCUT2D eigenvalue weighted by Gasteiger charge is 2.08. The topological polar surface area (TPSA) is 35.2 Å². The number of rotatable bonds is 1. The summed E-state index contributed by atoms with van der Waals surface area (Å²) in [5.74, 6) is 4.83. The zero-order valence-corrected chi connectivity index (χ0v) is 5.99. The summed E-state index contributed by atoms with van der Waals surface area (Å²) in [6.45, 7) is 6.24. The molecule has 0 aromatic rings. The molecular weight excluding hydrogens is 109 g/mol. The summed E-state index contributed by atoms with van der Waals surface area (Å²) in [6.07, 6.45) is 0. The molecule has 0 heterocycles. The molecule has 0 aliphatic heterocycles. The third kappa shape index (κ3) is 6.35. The van der Waals surface area contributed by atoms with Gasteiger partial charge in [-0.1, -0.05) is 20.8 Å². The predicted octanol–water partition coefficient (Wildman–Crippen LogP) is 1.27. The highest BCUT2D eigenvalue weighted by molar-refractivity contribution is 7.34. The van der Waals surface area contributed by atoms with Gasteiger partial charge < -0.3 is 0 Å². The van der Waals surface area contributed by atoms with E-state index in [0.717, 1.165) is 0 Å². The van der Waals surface area contributed by atoms with Gasteiger partial charge in [0.2, 0.25) is 0 Å². The van der Waals surface area contributed by atoms with Gasteiger partial charge in [0.25, 0.3) is 0 Å². The lowest BCUT2D eigenvalue weighted by atomic mass is 10.3. The van der Waals surface area contributed by atoms with Gasteiger partial charge in [-0.3, -0.25) is 4.62 Å². The Hall–Kier alpha value is 0.350. The molecule has 2 nitrogen and oxygen atoms in total. The van der Waals surface area contributed by atoms with Crippen molar-refractivity contribution in [2.24, 2.45) is 5.90 Å². The van der Waals surface area contributed by atoms with Crippen LogP contribution in [-0.2, 0) is 4.62 Å². The first-order chi connectivity index (χ1) is 3.06. The molecule has 0 saturated carbocycles. The Bertz CT molecular complexity index is 50.1. The maximum Gasteiger partial charge on any atom is 0.0453 e. The fourth-order valence-electron chi connectivity index (χ4n) is 0.177. The zero-order valence-electron chi connectivity index (χ0n) is 4.99. The number of hydrogen-bond acceptors (Lipinski definition) is 2. The molecule has 0 fully saturated rings. The van der Waals surface area contributed by atoms with E-state index in [2.05, 4.69) is 25.4 Å². The molecule has 0 rings (SSSR count). The van der Waals surface area contributed by atoms with Crippen molar-refractivity contribution in [2.45, 2.75) is 25.9 Å². The van der Waals surface area contributed by atoms with Crippen molar-refractivity contribution in [1.29, 1.82) is 0 Å². The normalized spacial score (nSPS) is 13.7. The quantitative estimate of drug-likeness (QED) is 0.418. The summed E-state index contributed by atoms with van der Waals surface area (Å²) in [5.41, 5.74) is 0. The Morgan fingerprint density at radius 2 is 1.86 bits per heavy atom. The van der Waals surface area contributed by atoms with Crippen LogP contribution in [0.1, 0.15) is 20.8 Å². The Balaban J connectivity index is 3.15. The summed E-state index contributed by atoms with van der Waals surface area (Å²) < 4.78 is 4.43. The van der Waals surface area contributed by atoms with Gasteiger partial charge >= 0.3 is 0 Å². The van der Waals surface area contributed by atoms with Crippen molar-refractivity contribution in [3.63, 3.8) is 0 Å². The Kier molecular flexibility index (Phi) is 2.74. The monoisotopic (exact) mass is 121 g/mol. The van der Waals surface area contributed by atoms with E-state index in [0.29, 0.717) is 8.81 Å². The molecule has 0 saturated heterocycles. The van der Waals surface area contributed by atoms with Crippen LogP contribution in [0.5, 0.6) is 0 Å². The van der Waals surface area contributed by atoms with E-state index in [-0.39, 0.29) is 5.16 Å². The van der Waals surface area contributed by atoms with Crippen LogP contribution in [0, 0.1) is 0 Å². The van der Waals surface area contributed by atoms with Crippen LogP contribution in [0.15, 0.2) is 0 Å². The molecule has 0 spiro atoms. The van der Waals surface area contributed by atoms with Gasteiger partial charge in [0.1, 0.15) is 0 Å². The van der Waals surface area contributed by atoms with Crippen LogP contribution in [0.4, 0.5) is 0 Å². The van der Waals surface area contributed by atoms with E-state index in [9.17, 15) is 0 Å². The second-order valence-electron chi connectivity index (χ2n) is 2.47. The average molecular weight is 121 g/mol. The molecular formula is C4H12NOP. The maximum absolute atomic E-state index is 4.83. The zero-order chi connectivity index (χ0) is 5.91. The molecule has 7 heavy (non-hydrogen) atoms. The van der Waals surface area contributed by atoms with E-state index < -0.39 is 0 Å². The number of nitrogens with two attached hydrogens (primary N) is 1. The van der Waals surface area contributed by atoms with E-state index in [1.807, 2.05) is 0 Å². The second-order valence-corrected chi connectivity index (χ2v) is 4.41. The van der Waals surface area contributed by atoms with Crippen LogP contribution in [-0.4, -0.2) is 5.16 Å². The smallest absolute Gasteiger partial charge is 0.0453 e. The fraction of sp³-hybridized carbons (Fsp3) is 1.00. The van der Waals surface area contributed by atoms with Gasteiger partial charge in [-0.2, -0.15) is 0 Å². The van der Waals surface area contributed by atoms with E-state index in [4.69, 9.17) is 5.90 Å². The number of hydrogen-bond donors (Lipinski definition) is 1. The molecule has 0 aliphatic carbocycles. The average Bonchev–Trinajstić information content (AvgIpc) is 1.30. The van der Waals surface area contributed by atoms with Gasteiger partial charge in [-0.15, -0.1) is 0 Å². The maximum atomic E-state index is 4.83. The minimum absolute atomic E-state index is 0.231. The molecule has 0 bridgehead atoms.